The Hall–Kier alpha value is -0.170. The van der Waals surface area contributed by atoms with Crippen LogP contribution in [0.2, 0.25) is 0 Å². The van der Waals surface area contributed by atoms with Gasteiger partial charge in [-0.25, -0.2) is 0 Å². The van der Waals surface area contributed by atoms with Crippen molar-refractivity contribution in [2.24, 2.45) is 0 Å². The maximum atomic E-state index is 5.29. The quantitative estimate of drug-likeness (QED) is 0.516. The lowest BCUT2D eigenvalue weighted by atomic mass is 10.6. The number of nitrogens with one attached hydrogen (secondary N) is 1. The van der Waals surface area contributed by atoms with Gasteiger partial charge in [0.05, 0.1) is 5.88 Å². The summed E-state index contributed by atoms with van der Waals surface area (Å²) < 4.78 is 0. The molecule has 0 bridgehead atoms. The monoisotopic (exact) mass is 105 g/mol. The van der Waals surface area contributed by atoms with E-state index in [0.29, 0.717) is 5.88 Å². The minimum Gasteiger partial charge on any atom is -0.391 e. The molecular formula is C4H8ClN. The molecule has 0 aliphatic heterocycles. The Morgan fingerprint density at radius 1 is 2.00 bits per heavy atom. The first-order valence-electron chi connectivity index (χ1n) is 1.72. The summed E-state index contributed by atoms with van der Waals surface area (Å²) in [5.41, 5.74) is 0.858. The van der Waals surface area contributed by atoms with Crippen LogP contribution in [0.4, 0.5) is 0 Å². The largest absolute Gasteiger partial charge is 0.391 e. The van der Waals surface area contributed by atoms with Gasteiger partial charge in [0.15, 0.2) is 0 Å². The molecule has 1 N–H and O–H groups in total. The second-order valence-corrected chi connectivity index (χ2v) is 1.25. The summed E-state index contributed by atoms with van der Waals surface area (Å²) in [7, 11) is 1.80. The molecule has 1 nitrogen and oxygen atoms in total. The normalized spacial score (nSPS) is 7.67. The summed E-state index contributed by atoms with van der Waals surface area (Å²) in [6.45, 7) is 3.55. The van der Waals surface area contributed by atoms with E-state index >= 15 is 0 Å². The molecule has 0 aliphatic carbocycles. The predicted molar refractivity (Wildman–Crippen MR) is 28.9 cm³/mol. The van der Waals surface area contributed by atoms with Crippen molar-refractivity contribution in [3.63, 3.8) is 0 Å². The van der Waals surface area contributed by atoms with Crippen LogP contribution >= 0.6 is 11.6 Å². The van der Waals surface area contributed by atoms with Crippen molar-refractivity contribution < 1.29 is 0 Å². The Balaban J connectivity index is 2.99. The molecule has 0 aromatic rings. The molecule has 0 amide bonds. The van der Waals surface area contributed by atoms with E-state index in [0.717, 1.165) is 5.70 Å². The highest BCUT2D eigenvalue weighted by Crippen LogP contribution is 1.82. The molecule has 0 saturated carbocycles. The summed E-state index contributed by atoms with van der Waals surface area (Å²) in [6, 6.07) is 0. The molecular weight excluding hydrogens is 97.5 g/mol. The molecule has 0 atom stereocenters. The number of halogens is 1. The fourth-order valence-corrected chi connectivity index (χ4v) is 0.200. The smallest absolute Gasteiger partial charge is 0.0615 e. The maximum Gasteiger partial charge on any atom is 0.0615 e. The zero-order chi connectivity index (χ0) is 4.99. The van der Waals surface area contributed by atoms with Crippen molar-refractivity contribution in [3.05, 3.63) is 12.3 Å². The van der Waals surface area contributed by atoms with Crippen LogP contribution in [-0.2, 0) is 0 Å². The Kier molecular flexibility index (Phi) is 2.95. The molecule has 6 heavy (non-hydrogen) atoms. The van der Waals surface area contributed by atoms with Gasteiger partial charge in [0.2, 0.25) is 0 Å². The minimum atomic E-state index is 0.497. The summed E-state index contributed by atoms with van der Waals surface area (Å²) in [5.74, 6) is 0.497. The van der Waals surface area contributed by atoms with Crippen LogP contribution in [0.3, 0.4) is 0 Å². The Morgan fingerprint density at radius 2 is 2.50 bits per heavy atom. The summed E-state index contributed by atoms with van der Waals surface area (Å²) in [4.78, 5) is 0. The first-order chi connectivity index (χ1) is 2.81. The van der Waals surface area contributed by atoms with E-state index in [2.05, 4.69) is 11.9 Å². The summed E-state index contributed by atoms with van der Waals surface area (Å²) in [5, 5.41) is 2.79. The van der Waals surface area contributed by atoms with Crippen molar-refractivity contribution >= 4 is 11.6 Å². The van der Waals surface area contributed by atoms with Crippen LogP contribution in [0.25, 0.3) is 0 Å². The van der Waals surface area contributed by atoms with Crippen LogP contribution in [0.1, 0.15) is 0 Å². The third-order valence-electron chi connectivity index (χ3n) is 0.515. The Bertz CT molecular complexity index is 45.5. The van der Waals surface area contributed by atoms with E-state index in [1.54, 1.807) is 7.05 Å². The fourth-order valence-electron chi connectivity index (χ4n) is 0.0668. The molecule has 0 aromatic heterocycles. The number of allylic oxidation sites excluding steroid dienone is 1. The zero-order valence-electron chi connectivity index (χ0n) is 3.79. The highest BCUT2D eigenvalue weighted by molar-refractivity contribution is 6.19. The van der Waals surface area contributed by atoms with Gasteiger partial charge >= 0.3 is 0 Å². The van der Waals surface area contributed by atoms with Gasteiger partial charge < -0.3 is 5.32 Å². The van der Waals surface area contributed by atoms with Crippen molar-refractivity contribution in [3.8, 4) is 0 Å². The molecule has 0 rings (SSSR count). The molecule has 0 aliphatic rings. The maximum absolute atomic E-state index is 5.29. The summed E-state index contributed by atoms with van der Waals surface area (Å²) in [6.07, 6.45) is 0. The van der Waals surface area contributed by atoms with Gasteiger partial charge in [-0.3, -0.25) is 0 Å². The van der Waals surface area contributed by atoms with Crippen molar-refractivity contribution in [1.29, 1.82) is 0 Å². The van der Waals surface area contributed by atoms with Crippen LogP contribution in [0, 0.1) is 0 Å². The first kappa shape index (κ1) is 5.83. The molecule has 0 unspecified atom stereocenters. The molecule has 2 heteroatoms. The van der Waals surface area contributed by atoms with E-state index in [1.807, 2.05) is 0 Å². The van der Waals surface area contributed by atoms with Gasteiger partial charge in [0.1, 0.15) is 0 Å². The zero-order valence-corrected chi connectivity index (χ0v) is 4.55. The second-order valence-electron chi connectivity index (χ2n) is 0.987. The van der Waals surface area contributed by atoms with E-state index in [1.165, 1.54) is 0 Å². The number of rotatable bonds is 2. The van der Waals surface area contributed by atoms with Crippen LogP contribution in [0.5, 0.6) is 0 Å². The highest BCUT2D eigenvalue weighted by atomic mass is 35.5. The van der Waals surface area contributed by atoms with E-state index in [9.17, 15) is 0 Å². The first-order valence-corrected chi connectivity index (χ1v) is 2.26. The Morgan fingerprint density at radius 3 is 2.50 bits per heavy atom. The van der Waals surface area contributed by atoms with Crippen molar-refractivity contribution in [2.75, 3.05) is 12.9 Å². The lowest BCUT2D eigenvalue weighted by Crippen LogP contribution is -2.04. The molecule has 0 spiro atoms. The van der Waals surface area contributed by atoms with Gasteiger partial charge in [0, 0.05) is 12.7 Å². The average Bonchev–Trinajstić information content (AvgIpc) is 1.65. The second kappa shape index (κ2) is 3.04. The van der Waals surface area contributed by atoms with Gasteiger partial charge in [-0.05, 0) is 0 Å². The van der Waals surface area contributed by atoms with Gasteiger partial charge in [-0.1, -0.05) is 6.58 Å². The van der Waals surface area contributed by atoms with Crippen molar-refractivity contribution in [2.45, 2.75) is 0 Å². The number of alkyl halides is 1. The van der Waals surface area contributed by atoms with Crippen LogP contribution < -0.4 is 5.32 Å². The SMILES string of the molecule is C=C(CCl)NC. The average molecular weight is 106 g/mol. The van der Waals surface area contributed by atoms with Gasteiger partial charge in [-0.15, -0.1) is 11.6 Å². The molecule has 0 saturated heterocycles. The number of hydrogen-bond acceptors (Lipinski definition) is 1. The topological polar surface area (TPSA) is 12.0 Å². The molecule has 36 valence electrons. The molecule has 0 fully saturated rings. The summed E-state index contributed by atoms with van der Waals surface area (Å²) >= 11 is 5.29. The lowest BCUT2D eigenvalue weighted by molar-refractivity contribution is 1.00. The molecule has 0 radical (unpaired) electrons. The Labute approximate surface area is 43.0 Å². The molecule has 0 aromatic carbocycles. The highest BCUT2D eigenvalue weighted by Gasteiger charge is 1.77. The van der Waals surface area contributed by atoms with Gasteiger partial charge in [-0.2, -0.15) is 0 Å². The fraction of sp³-hybridized carbons (Fsp3) is 0.500. The third kappa shape index (κ3) is 2.09. The third-order valence-corrected chi connectivity index (χ3v) is 0.837. The van der Waals surface area contributed by atoms with E-state index in [-0.39, 0.29) is 0 Å². The van der Waals surface area contributed by atoms with Crippen molar-refractivity contribution in [1.82, 2.24) is 5.32 Å². The van der Waals surface area contributed by atoms with Crippen LogP contribution in [0.15, 0.2) is 12.3 Å². The standard InChI is InChI=1S/C4H8ClN/c1-4(3-5)6-2/h6H,1,3H2,2H3. The minimum absolute atomic E-state index is 0.497. The van der Waals surface area contributed by atoms with Gasteiger partial charge in [0.25, 0.3) is 0 Å². The molecule has 0 heterocycles. The van der Waals surface area contributed by atoms with E-state index < -0.39 is 0 Å². The number of hydrogen-bond donors (Lipinski definition) is 1. The predicted octanol–water partition coefficient (Wildman–Crippen LogP) is 0.958. The lowest BCUT2D eigenvalue weighted by Gasteiger charge is -1.93. The van der Waals surface area contributed by atoms with E-state index in [4.69, 9.17) is 11.6 Å². The van der Waals surface area contributed by atoms with Crippen LogP contribution in [-0.4, -0.2) is 12.9 Å².